The molecule has 0 radical (unpaired) electrons. The Morgan fingerprint density at radius 3 is 2.73 bits per heavy atom. The van der Waals surface area contributed by atoms with Gasteiger partial charge in [0.15, 0.2) is 5.78 Å². The molecule has 1 N–H and O–H groups in total. The first kappa shape index (κ1) is 11.9. The van der Waals surface area contributed by atoms with E-state index in [1.54, 1.807) is 6.92 Å². The van der Waals surface area contributed by atoms with Crippen LogP contribution in [0.15, 0.2) is 12.2 Å². The summed E-state index contributed by atoms with van der Waals surface area (Å²) in [6.45, 7) is 7.48. The van der Waals surface area contributed by atoms with Crippen molar-refractivity contribution in [3.63, 3.8) is 0 Å². The van der Waals surface area contributed by atoms with Crippen molar-refractivity contribution in [2.75, 3.05) is 6.61 Å². The third-order valence-electron chi connectivity index (χ3n) is 2.40. The van der Waals surface area contributed by atoms with E-state index in [2.05, 4.69) is 11.9 Å². The lowest BCUT2D eigenvalue weighted by Crippen LogP contribution is -2.43. The van der Waals surface area contributed by atoms with Crippen LogP contribution in [0.4, 0.5) is 0 Å². The molecule has 1 fully saturated rings. The van der Waals surface area contributed by atoms with Gasteiger partial charge in [-0.2, -0.15) is 0 Å². The van der Waals surface area contributed by atoms with E-state index in [1.807, 2.05) is 6.92 Å². The molecule has 1 aliphatic rings. The summed E-state index contributed by atoms with van der Waals surface area (Å²) in [6.07, 6.45) is 0.819. The highest BCUT2D eigenvalue weighted by molar-refractivity contribution is 5.91. The maximum absolute atomic E-state index is 11.4. The van der Waals surface area contributed by atoms with Crippen LogP contribution in [0, 0.1) is 0 Å². The second-order valence-corrected chi connectivity index (χ2v) is 3.98. The molecule has 1 aliphatic heterocycles. The normalized spacial score (nSPS) is 25.3. The second-order valence-electron chi connectivity index (χ2n) is 3.98. The van der Waals surface area contributed by atoms with Crippen LogP contribution in [0.5, 0.6) is 0 Å². The minimum absolute atomic E-state index is 0.0498. The summed E-state index contributed by atoms with van der Waals surface area (Å²) >= 11 is 0. The number of nitrogens with one attached hydrogen (secondary N) is 1. The Morgan fingerprint density at radius 1 is 1.60 bits per heavy atom. The summed E-state index contributed by atoms with van der Waals surface area (Å²) in [6, 6.07) is -0.470. The van der Waals surface area contributed by atoms with Crippen molar-refractivity contribution in [3.05, 3.63) is 12.2 Å². The summed E-state index contributed by atoms with van der Waals surface area (Å²) in [5.41, 5.74) is 0.965. The van der Waals surface area contributed by atoms with Crippen LogP contribution in [-0.2, 0) is 14.3 Å². The van der Waals surface area contributed by atoms with E-state index >= 15 is 0 Å². The maximum Gasteiger partial charge on any atom is 0.220 e. The van der Waals surface area contributed by atoms with Crippen LogP contribution in [0.1, 0.15) is 26.7 Å². The van der Waals surface area contributed by atoms with Crippen molar-refractivity contribution in [1.82, 2.24) is 5.32 Å². The second kappa shape index (κ2) is 5.07. The van der Waals surface area contributed by atoms with Crippen LogP contribution >= 0.6 is 0 Å². The number of Topliss-reactive ketones (excluding diaryl/α,β-unsaturated/α-hetero) is 1. The van der Waals surface area contributed by atoms with Gasteiger partial charge >= 0.3 is 0 Å². The number of rotatable bonds is 4. The van der Waals surface area contributed by atoms with Crippen LogP contribution < -0.4 is 5.32 Å². The van der Waals surface area contributed by atoms with Gasteiger partial charge in [0.1, 0.15) is 12.6 Å². The van der Waals surface area contributed by atoms with Gasteiger partial charge in [-0.25, -0.2) is 0 Å². The largest absolute Gasteiger partial charge is 0.368 e. The van der Waals surface area contributed by atoms with E-state index in [9.17, 15) is 9.59 Å². The SMILES string of the molecule is C=C(C)CCC(=O)NC1C(=O)CO[C@@H]1C. The van der Waals surface area contributed by atoms with Crippen molar-refractivity contribution in [2.45, 2.75) is 38.8 Å². The highest BCUT2D eigenvalue weighted by Crippen LogP contribution is 2.10. The smallest absolute Gasteiger partial charge is 0.220 e. The van der Waals surface area contributed by atoms with Crippen LogP contribution in [0.3, 0.4) is 0 Å². The minimum atomic E-state index is -0.470. The number of ketones is 1. The Bertz CT molecular complexity index is 286. The first-order valence-electron chi connectivity index (χ1n) is 5.08. The fourth-order valence-corrected chi connectivity index (χ4v) is 1.43. The van der Waals surface area contributed by atoms with Crippen molar-refractivity contribution in [1.29, 1.82) is 0 Å². The van der Waals surface area contributed by atoms with E-state index < -0.39 is 6.04 Å². The standard InChI is InChI=1S/C11H17NO3/c1-7(2)4-5-10(14)12-11-8(3)15-6-9(11)13/h8,11H,1,4-6H2,2-3H3,(H,12,14)/t8-,11?/m1/s1. The van der Waals surface area contributed by atoms with Gasteiger partial charge in [0.2, 0.25) is 5.91 Å². The molecule has 0 bridgehead atoms. The van der Waals surface area contributed by atoms with E-state index in [0.717, 1.165) is 5.57 Å². The van der Waals surface area contributed by atoms with Gasteiger partial charge in [0.05, 0.1) is 6.10 Å². The molecule has 0 spiro atoms. The number of hydrogen-bond acceptors (Lipinski definition) is 3. The predicted octanol–water partition coefficient (Wildman–Crippen LogP) is 0.815. The fourth-order valence-electron chi connectivity index (χ4n) is 1.43. The van der Waals surface area contributed by atoms with E-state index in [1.165, 1.54) is 0 Å². The number of hydrogen-bond donors (Lipinski definition) is 1. The number of allylic oxidation sites excluding steroid dienone is 1. The summed E-state index contributed by atoms with van der Waals surface area (Å²) in [5.74, 6) is -0.167. The molecule has 0 saturated carbocycles. The molecule has 1 amide bonds. The first-order valence-corrected chi connectivity index (χ1v) is 5.08. The third-order valence-corrected chi connectivity index (χ3v) is 2.40. The van der Waals surface area contributed by atoms with E-state index in [-0.39, 0.29) is 24.4 Å². The van der Waals surface area contributed by atoms with Gasteiger partial charge in [-0.15, -0.1) is 6.58 Å². The molecule has 84 valence electrons. The third kappa shape index (κ3) is 3.47. The van der Waals surface area contributed by atoms with Gasteiger partial charge in [-0.3, -0.25) is 9.59 Å². The van der Waals surface area contributed by atoms with Crippen molar-refractivity contribution < 1.29 is 14.3 Å². The molecular formula is C11H17NO3. The Balaban J connectivity index is 2.37. The van der Waals surface area contributed by atoms with Crippen LogP contribution in [-0.4, -0.2) is 30.4 Å². The highest BCUT2D eigenvalue weighted by Gasteiger charge is 2.33. The number of carbonyl (C=O) groups excluding carboxylic acids is 2. The molecule has 0 aliphatic carbocycles. The van der Waals surface area contributed by atoms with Crippen molar-refractivity contribution >= 4 is 11.7 Å². The Kier molecular flexibility index (Phi) is 4.03. The summed E-state index contributed by atoms with van der Waals surface area (Å²) < 4.78 is 5.12. The highest BCUT2D eigenvalue weighted by atomic mass is 16.5. The average molecular weight is 211 g/mol. The molecule has 0 aromatic carbocycles. The minimum Gasteiger partial charge on any atom is -0.368 e. The topological polar surface area (TPSA) is 55.4 Å². The fraction of sp³-hybridized carbons (Fsp3) is 0.636. The number of carbonyl (C=O) groups is 2. The zero-order chi connectivity index (χ0) is 11.4. The van der Waals surface area contributed by atoms with Crippen molar-refractivity contribution in [3.8, 4) is 0 Å². The molecule has 4 heteroatoms. The zero-order valence-corrected chi connectivity index (χ0v) is 9.21. The molecule has 0 aromatic heterocycles. The Morgan fingerprint density at radius 2 is 2.27 bits per heavy atom. The number of ether oxygens (including phenoxy) is 1. The molecule has 0 aromatic rings. The summed E-state index contributed by atoms with van der Waals surface area (Å²) in [5, 5.41) is 2.68. The molecule has 2 atom stereocenters. The predicted molar refractivity (Wildman–Crippen MR) is 56.4 cm³/mol. The summed E-state index contributed by atoms with van der Waals surface area (Å²) in [4.78, 5) is 22.7. The molecule has 15 heavy (non-hydrogen) atoms. The van der Waals surface area contributed by atoms with Crippen LogP contribution in [0.2, 0.25) is 0 Å². The lowest BCUT2D eigenvalue weighted by Gasteiger charge is -2.14. The quantitative estimate of drug-likeness (QED) is 0.700. The maximum atomic E-state index is 11.4. The molecule has 1 unspecified atom stereocenters. The monoisotopic (exact) mass is 211 g/mol. The molecular weight excluding hydrogens is 194 g/mol. The Labute approximate surface area is 89.7 Å². The molecule has 4 nitrogen and oxygen atoms in total. The van der Waals surface area contributed by atoms with Gasteiger partial charge in [0.25, 0.3) is 0 Å². The molecule has 1 saturated heterocycles. The summed E-state index contributed by atoms with van der Waals surface area (Å²) in [7, 11) is 0. The van der Waals surface area contributed by atoms with Gasteiger partial charge in [-0.1, -0.05) is 5.57 Å². The average Bonchev–Trinajstić information content (AvgIpc) is 2.46. The lowest BCUT2D eigenvalue weighted by molar-refractivity contribution is -0.126. The van der Waals surface area contributed by atoms with Gasteiger partial charge in [-0.05, 0) is 20.3 Å². The van der Waals surface area contributed by atoms with Gasteiger partial charge < -0.3 is 10.1 Å². The Hall–Kier alpha value is -1.16. The zero-order valence-electron chi connectivity index (χ0n) is 9.21. The van der Waals surface area contributed by atoms with Crippen LogP contribution in [0.25, 0.3) is 0 Å². The van der Waals surface area contributed by atoms with Gasteiger partial charge in [0, 0.05) is 6.42 Å². The molecule has 1 heterocycles. The number of amides is 1. The van der Waals surface area contributed by atoms with E-state index in [0.29, 0.717) is 12.8 Å². The van der Waals surface area contributed by atoms with E-state index in [4.69, 9.17) is 4.74 Å². The first-order chi connectivity index (χ1) is 7.00. The van der Waals surface area contributed by atoms with Crippen molar-refractivity contribution in [2.24, 2.45) is 0 Å². The molecule has 1 rings (SSSR count). The lowest BCUT2D eigenvalue weighted by atomic mass is 10.1.